The number of aliphatic hydroxyl groups is 1. The van der Waals surface area contributed by atoms with Crippen molar-refractivity contribution in [3.8, 4) is 0 Å². The number of rotatable bonds is 7. The number of hydrogen-bond donors (Lipinski definition) is 1. The van der Waals surface area contributed by atoms with Gasteiger partial charge in [0.15, 0.2) is 5.79 Å². The summed E-state index contributed by atoms with van der Waals surface area (Å²) >= 11 is 0. The van der Waals surface area contributed by atoms with E-state index in [4.69, 9.17) is 14.6 Å². The van der Waals surface area contributed by atoms with Gasteiger partial charge in [-0.3, -0.25) is 0 Å². The van der Waals surface area contributed by atoms with Gasteiger partial charge in [0, 0.05) is 6.42 Å². The van der Waals surface area contributed by atoms with Crippen LogP contribution in [0.4, 0.5) is 0 Å². The molecule has 0 aliphatic carbocycles. The molecule has 1 aliphatic heterocycles. The SMILES string of the molecule is CCCCCC1(Cn2cncn2)OCC(CO)O1. The van der Waals surface area contributed by atoms with Gasteiger partial charge in [0.2, 0.25) is 0 Å². The minimum absolute atomic E-state index is 0.00706. The molecule has 0 aromatic carbocycles. The van der Waals surface area contributed by atoms with Crippen LogP contribution in [0, 0.1) is 0 Å². The lowest BCUT2D eigenvalue weighted by atomic mass is 10.1. The van der Waals surface area contributed by atoms with Gasteiger partial charge in [0.25, 0.3) is 0 Å². The summed E-state index contributed by atoms with van der Waals surface area (Å²) in [4.78, 5) is 3.92. The van der Waals surface area contributed by atoms with Crippen molar-refractivity contribution in [1.29, 1.82) is 0 Å². The molecule has 1 aliphatic rings. The Balaban J connectivity index is 1.98. The van der Waals surface area contributed by atoms with E-state index >= 15 is 0 Å². The molecule has 1 N–H and O–H groups in total. The predicted octanol–water partition coefficient (Wildman–Crippen LogP) is 0.962. The van der Waals surface area contributed by atoms with Crippen LogP contribution >= 0.6 is 0 Å². The molecular formula is C12H21N3O3. The van der Waals surface area contributed by atoms with E-state index in [1.54, 1.807) is 11.0 Å². The average molecular weight is 255 g/mol. The standard InChI is InChI=1S/C12H21N3O3/c1-2-3-4-5-12(8-15-10-13-9-14-15)17-7-11(6-16)18-12/h9-11,16H,2-8H2,1H3. The van der Waals surface area contributed by atoms with Crippen LogP contribution in [0.5, 0.6) is 0 Å². The molecule has 0 bridgehead atoms. The summed E-state index contributed by atoms with van der Waals surface area (Å²) in [5.74, 6) is -0.656. The summed E-state index contributed by atoms with van der Waals surface area (Å²) in [5, 5.41) is 13.2. The molecule has 2 heterocycles. The molecule has 1 aromatic heterocycles. The van der Waals surface area contributed by atoms with Gasteiger partial charge in [-0.2, -0.15) is 5.10 Å². The molecule has 0 radical (unpaired) electrons. The number of nitrogens with zero attached hydrogens (tertiary/aromatic N) is 3. The van der Waals surface area contributed by atoms with Gasteiger partial charge in [-0.1, -0.05) is 19.8 Å². The third-order valence-corrected chi connectivity index (χ3v) is 3.15. The molecule has 0 amide bonds. The second-order valence-electron chi connectivity index (χ2n) is 4.69. The number of hydrogen-bond acceptors (Lipinski definition) is 5. The fourth-order valence-electron chi connectivity index (χ4n) is 2.21. The highest BCUT2D eigenvalue weighted by Gasteiger charge is 2.41. The van der Waals surface area contributed by atoms with Crippen molar-refractivity contribution in [1.82, 2.24) is 14.8 Å². The largest absolute Gasteiger partial charge is 0.394 e. The van der Waals surface area contributed by atoms with Crippen LogP contribution < -0.4 is 0 Å². The van der Waals surface area contributed by atoms with E-state index in [0.29, 0.717) is 13.2 Å². The Hall–Kier alpha value is -0.980. The molecule has 2 unspecified atom stereocenters. The van der Waals surface area contributed by atoms with Crippen LogP contribution in [0.2, 0.25) is 0 Å². The van der Waals surface area contributed by atoms with Crippen molar-refractivity contribution < 1.29 is 14.6 Å². The van der Waals surface area contributed by atoms with Crippen molar-refractivity contribution in [3.63, 3.8) is 0 Å². The lowest BCUT2D eigenvalue weighted by Gasteiger charge is -2.27. The van der Waals surface area contributed by atoms with E-state index < -0.39 is 5.79 Å². The van der Waals surface area contributed by atoms with Crippen molar-refractivity contribution in [3.05, 3.63) is 12.7 Å². The van der Waals surface area contributed by atoms with Crippen LogP contribution in [-0.2, 0) is 16.0 Å². The maximum atomic E-state index is 9.16. The highest BCUT2D eigenvalue weighted by atomic mass is 16.7. The van der Waals surface area contributed by atoms with Gasteiger partial charge < -0.3 is 14.6 Å². The van der Waals surface area contributed by atoms with Gasteiger partial charge in [-0.25, -0.2) is 9.67 Å². The third kappa shape index (κ3) is 3.28. The van der Waals surface area contributed by atoms with Crippen molar-refractivity contribution >= 4 is 0 Å². The fraction of sp³-hybridized carbons (Fsp3) is 0.833. The van der Waals surface area contributed by atoms with E-state index in [0.717, 1.165) is 25.7 Å². The van der Waals surface area contributed by atoms with Crippen LogP contribution in [-0.4, -0.2) is 45.0 Å². The molecular weight excluding hydrogens is 234 g/mol. The van der Waals surface area contributed by atoms with Crippen LogP contribution in [0.1, 0.15) is 32.6 Å². The fourth-order valence-corrected chi connectivity index (χ4v) is 2.21. The molecule has 18 heavy (non-hydrogen) atoms. The molecule has 6 nitrogen and oxygen atoms in total. The lowest BCUT2D eigenvalue weighted by molar-refractivity contribution is -0.187. The second kappa shape index (κ2) is 6.26. The first-order valence-corrected chi connectivity index (χ1v) is 6.53. The summed E-state index contributed by atoms with van der Waals surface area (Å²) in [6, 6.07) is 0. The zero-order valence-corrected chi connectivity index (χ0v) is 10.8. The van der Waals surface area contributed by atoms with E-state index in [2.05, 4.69) is 17.0 Å². The molecule has 2 atom stereocenters. The van der Waals surface area contributed by atoms with Crippen molar-refractivity contribution in [2.45, 2.75) is 51.0 Å². The Morgan fingerprint density at radius 3 is 3.00 bits per heavy atom. The molecule has 2 rings (SSSR count). The van der Waals surface area contributed by atoms with Gasteiger partial charge in [0.1, 0.15) is 18.8 Å². The van der Waals surface area contributed by atoms with E-state index in [9.17, 15) is 0 Å². The molecule has 0 saturated carbocycles. The summed E-state index contributed by atoms with van der Waals surface area (Å²) in [7, 11) is 0. The first-order chi connectivity index (χ1) is 8.78. The summed E-state index contributed by atoms with van der Waals surface area (Å²) < 4.78 is 13.4. The monoisotopic (exact) mass is 255 g/mol. The van der Waals surface area contributed by atoms with Gasteiger partial charge in [-0.15, -0.1) is 0 Å². The quantitative estimate of drug-likeness (QED) is 0.735. The minimum atomic E-state index is -0.656. The molecule has 1 saturated heterocycles. The van der Waals surface area contributed by atoms with Crippen molar-refractivity contribution in [2.24, 2.45) is 0 Å². The lowest BCUT2D eigenvalue weighted by Crippen LogP contribution is -2.37. The Kier molecular flexibility index (Phi) is 4.68. The van der Waals surface area contributed by atoms with Crippen molar-refractivity contribution in [2.75, 3.05) is 13.2 Å². The highest BCUT2D eigenvalue weighted by Crippen LogP contribution is 2.30. The zero-order valence-electron chi connectivity index (χ0n) is 10.8. The average Bonchev–Trinajstić information content (AvgIpc) is 3.00. The Morgan fingerprint density at radius 1 is 1.50 bits per heavy atom. The molecule has 102 valence electrons. The van der Waals surface area contributed by atoms with E-state index in [1.165, 1.54) is 6.33 Å². The number of unbranched alkanes of at least 4 members (excludes halogenated alkanes) is 2. The Bertz CT molecular complexity index is 344. The van der Waals surface area contributed by atoms with Crippen LogP contribution in [0.15, 0.2) is 12.7 Å². The first kappa shape index (κ1) is 13.5. The van der Waals surface area contributed by atoms with Gasteiger partial charge >= 0.3 is 0 Å². The smallest absolute Gasteiger partial charge is 0.188 e. The maximum absolute atomic E-state index is 9.16. The van der Waals surface area contributed by atoms with Gasteiger partial charge in [-0.05, 0) is 6.42 Å². The minimum Gasteiger partial charge on any atom is -0.394 e. The normalized spacial score (nSPS) is 27.8. The number of aliphatic hydroxyl groups excluding tert-OH is 1. The molecule has 6 heteroatoms. The van der Waals surface area contributed by atoms with Crippen LogP contribution in [0.3, 0.4) is 0 Å². The number of ether oxygens (including phenoxy) is 2. The number of aromatic nitrogens is 3. The molecule has 0 spiro atoms. The first-order valence-electron chi connectivity index (χ1n) is 6.53. The second-order valence-corrected chi connectivity index (χ2v) is 4.69. The Labute approximate surface area is 107 Å². The van der Waals surface area contributed by atoms with E-state index in [1.807, 2.05) is 0 Å². The highest BCUT2D eigenvalue weighted by molar-refractivity contribution is 4.79. The van der Waals surface area contributed by atoms with Crippen LogP contribution in [0.25, 0.3) is 0 Å². The third-order valence-electron chi connectivity index (χ3n) is 3.15. The topological polar surface area (TPSA) is 69.4 Å². The summed E-state index contributed by atoms with van der Waals surface area (Å²) in [5.41, 5.74) is 0. The summed E-state index contributed by atoms with van der Waals surface area (Å²) in [6.07, 6.45) is 7.09. The van der Waals surface area contributed by atoms with E-state index in [-0.39, 0.29) is 12.7 Å². The summed E-state index contributed by atoms with van der Waals surface area (Å²) in [6.45, 7) is 3.12. The zero-order chi connectivity index (χ0) is 12.8. The Morgan fingerprint density at radius 2 is 2.39 bits per heavy atom. The molecule has 1 aromatic rings. The molecule has 1 fully saturated rings. The predicted molar refractivity (Wildman–Crippen MR) is 64.8 cm³/mol. The maximum Gasteiger partial charge on any atom is 0.188 e. The van der Waals surface area contributed by atoms with Gasteiger partial charge in [0.05, 0.1) is 19.8 Å².